The fourth-order valence-corrected chi connectivity index (χ4v) is 2.28. The van der Waals surface area contributed by atoms with Gasteiger partial charge in [-0.2, -0.15) is 0 Å². The van der Waals surface area contributed by atoms with Crippen molar-refractivity contribution in [3.63, 3.8) is 0 Å². The Morgan fingerprint density at radius 3 is 2.41 bits per heavy atom. The molecule has 0 radical (unpaired) electrons. The van der Waals surface area contributed by atoms with Crippen LogP contribution in [0.5, 0.6) is 0 Å². The molecule has 0 aromatic heterocycles. The topological polar surface area (TPSA) is 104 Å². The molecule has 0 fully saturated rings. The van der Waals surface area contributed by atoms with E-state index in [1.807, 2.05) is 52.0 Å². The van der Waals surface area contributed by atoms with Crippen LogP contribution in [0.3, 0.4) is 0 Å². The minimum Gasteiger partial charge on any atom is -0.444 e. The van der Waals surface area contributed by atoms with Crippen LogP contribution in [0.25, 0.3) is 0 Å². The highest BCUT2D eigenvalue weighted by molar-refractivity contribution is 14.0. The fourth-order valence-electron chi connectivity index (χ4n) is 2.28. The van der Waals surface area contributed by atoms with Crippen LogP contribution in [-0.4, -0.2) is 43.7 Å². The number of alkyl carbamates (subject to hydrolysis) is 1. The normalized spacial score (nSPS) is 11.1. The Morgan fingerprint density at radius 2 is 1.79 bits per heavy atom. The van der Waals surface area contributed by atoms with E-state index in [1.165, 1.54) is 0 Å². The van der Waals surface area contributed by atoms with E-state index in [9.17, 15) is 9.59 Å². The summed E-state index contributed by atoms with van der Waals surface area (Å²) < 4.78 is 5.18. The van der Waals surface area contributed by atoms with Crippen LogP contribution >= 0.6 is 24.0 Å². The predicted molar refractivity (Wildman–Crippen MR) is 128 cm³/mol. The number of hydrogen-bond acceptors (Lipinski definition) is 4. The van der Waals surface area contributed by atoms with Crippen molar-refractivity contribution in [1.29, 1.82) is 0 Å². The highest BCUT2D eigenvalue weighted by atomic mass is 127. The molecule has 29 heavy (non-hydrogen) atoms. The van der Waals surface area contributed by atoms with Crippen LogP contribution in [0, 0.1) is 0 Å². The molecule has 0 heterocycles. The van der Waals surface area contributed by atoms with Crippen LogP contribution in [0.4, 0.5) is 10.5 Å². The Balaban J connectivity index is 0.00000784. The monoisotopic (exact) mass is 519 g/mol. The van der Waals surface area contributed by atoms with E-state index >= 15 is 0 Å². The van der Waals surface area contributed by atoms with E-state index < -0.39 is 11.7 Å². The average Bonchev–Trinajstić information content (AvgIpc) is 2.60. The smallest absolute Gasteiger partial charge is 0.407 e. The van der Waals surface area contributed by atoms with Crippen LogP contribution in [0.1, 0.15) is 46.1 Å². The number of benzene rings is 1. The first-order valence-electron chi connectivity index (χ1n) is 9.53. The van der Waals surface area contributed by atoms with E-state index in [4.69, 9.17) is 4.74 Å². The molecule has 0 aliphatic heterocycles. The standard InChI is InChI=1S/C20H33N5O3.HI/c1-6-8-17(26)25-16-10-7-9-15(13-16)14-24-18(21-5)22-11-12-23-19(27)28-20(2,3)4;/h7,9-10,13H,6,8,11-12,14H2,1-5H3,(H,23,27)(H,25,26)(H2,21,22,24);1H. The predicted octanol–water partition coefficient (Wildman–Crippen LogP) is 3.23. The van der Waals surface area contributed by atoms with Crippen LogP contribution < -0.4 is 21.3 Å². The first kappa shape index (κ1) is 27.0. The maximum absolute atomic E-state index is 11.7. The van der Waals surface area contributed by atoms with E-state index in [-0.39, 0.29) is 29.9 Å². The zero-order valence-corrected chi connectivity index (χ0v) is 20.3. The van der Waals surface area contributed by atoms with Gasteiger partial charge in [0.15, 0.2) is 5.96 Å². The average molecular weight is 519 g/mol. The number of anilines is 1. The van der Waals surface area contributed by atoms with Gasteiger partial charge in [0.05, 0.1) is 0 Å². The third kappa shape index (κ3) is 12.9. The SMILES string of the molecule is CCCC(=O)Nc1cccc(CNC(=NC)NCCNC(=O)OC(C)(C)C)c1.I. The van der Waals surface area contributed by atoms with Gasteiger partial charge in [0, 0.05) is 38.8 Å². The molecule has 0 aliphatic rings. The number of rotatable bonds is 8. The second-order valence-corrected chi connectivity index (χ2v) is 7.28. The Hall–Kier alpha value is -2.04. The van der Waals surface area contributed by atoms with Gasteiger partial charge < -0.3 is 26.0 Å². The second-order valence-electron chi connectivity index (χ2n) is 7.28. The van der Waals surface area contributed by atoms with Crippen LogP contribution in [0.15, 0.2) is 29.3 Å². The molecule has 0 saturated carbocycles. The van der Waals surface area contributed by atoms with Gasteiger partial charge >= 0.3 is 6.09 Å². The van der Waals surface area contributed by atoms with Crippen LogP contribution in [0.2, 0.25) is 0 Å². The summed E-state index contributed by atoms with van der Waals surface area (Å²) in [4.78, 5) is 27.5. The second kappa shape index (κ2) is 14.0. The largest absolute Gasteiger partial charge is 0.444 e. The number of aliphatic imine (C=N–C) groups is 1. The summed E-state index contributed by atoms with van der Waals surface area (Å²) in [5.74, 6) is 0.633. The summed E-state index contributed by atoms with van der Waals surface area (Å²) in [6.45, 7) is 8.90. The fraction of sp³-hybridized carbons (Fsp3) is 0.550. The Bertz CT molecular complexity index is 674. The summed E-state index contributed by atoms with van der Waals surface area (Å²) in [6.07, 6.45) is 0.882. The summed E-state index contributed by atoms with van der Waals surface area (Å²) in [7, 11) is 1.68. The Morgan fingerprint density at radius 1 is 1.10 bits per heavy atom. The molecule has 0 unspecified atom stereocenters. The van der Waals surface area contributed by atoms with Crippen molar-refractivity contribution in [3.05, 3.63) is 29.8 Å². The third-order valence-electron chi connectivity index (χ3n) is 3.46. The van der Waals surface area contributed by atoms with Crippen molar-refractivity contribution < 1.29 is 14.3 Å². The number of halogens is 1. The quantitative estimate of drug-likeness (QED) is 0.183. The third-order valence-corrected chi connectivity index (χ3v) is 3.46. The Labute approximate surface area is 190 Å². The lowest BCUT2D eigenvalue weighted by Crippen LogP contribution is -2.42. The molecule has 0 aliphatic carbocycles. The molecule has 9 heteroatoms. The van der Waals surface area contributed by atoms with Gasteiger partial charge in [0.1, 0.15) is 5.60 Å². The van der Waals surface area contributed by atoms with Crippen molar-refractivity contribution in [2.24, 2.45) is 4.99 Å². The summed E-state index contributed by atoms with van der Waals surface area (Å²) >= 11 is 0. The molecule has 164 valence electrons. The minimum absolute atomic E-state index is 0. The van der Waals surface area contributed by atoms with E-state index in [0.717, 1.165) is 17.7 Å². The lowest BCUT2D eigenvalue weighted by molar-refractivity contribution is -0.116. The van der Waals surface area contributed by atoms with Crippen molar-refractivity contribution in [2.45, 2.75) is 52.7 Å². The maximum Gasteiger partial charge on any atom is 0.407 e. The van der Waals surface area contributed by atoms with Gasteiger partial charge in [-0.1, -0.05) is 19.1 Å². The van der Waals surface area contributed by atoms with Crippen molar-refractivity contribution in [1.82, 2.24) is 16.0 Å². The molecule has 8 nitrogen and oxygen atoms in total. The van der Waals surface area contributed by atoms with E-state index in [0.29, 0.717) is 32.0 Å². The number of carbonyl (C=O) groups is 2. The first-order chi connectivity index (χ1) is 13.2. The Kier molecular flexibility index (Phi) is 13.0. The van der Waals surface area contributed by atoms with Crippen LogP contribution in [-0.2, 0) is 16.1 Å². The lowest BCUT2D eigenvalue weighted by Gasteiger charge is -2.20. The van der Waals surface area contributed by atoms with Gasteiger partial charge in [-0.15, -0.1) is 24.0 Å². The van der Waals surface area contributed by atoms with Gasteiger partial charge in [-0.3, -0.25) is 9.79 Å². The highest BCUT2D eigenvalue weighted by Crippen LogP contribution is 2.11. The number of nitrogens with zero attached hydrogens (tertiary/aromatic N) is 1. The van der Waals surface area contributed by atoms with Crippen molar-refractivity contribution in [3.8, 4) is 0 Å². The van der Waals surface area contributed by atoms with E-state index in [2.05, 4.69) is 26.3 Å². The minimum atomic E-state index is -0.514. The molecule has 1 aromatic carbocycles. The molecular weight excluding hydrogens is 485 g/mol. The highest BCUT2D eigenvalue weighted by Gasteiger charge is 2.15. The molecule has 0 atom stereocenters. The van der Waals surface area contributed by atoms with E-state index in [1.54, 1.807) is 7.05 Å². The van der Waals surface area contributed by atoms with Gasteiger partial charge in [0.25, 0.3) is 0 Å². The molecule has 2 amide bonds. The van der Waals surface area contributed by atoms with Crippen molar-refractivity contribution >= 4 is 47.6 Å². The van der Waals surface area contributed by atoms with Gasteiger partial charge in [-0.05, 0) is 44.9 Å². The molecule has 4 N–H and O–H groups in total. The zero-order chi connectivity index (χ0) is 21.0. The number of guanidine groups is 1. The van der Waals surface area contributed by atoms with Gasteiger partial charge in [-0.25, -0.2) is 4.79 Å². The first-order valence-corrected chi connectivity index (χ1v) is 9.53. The number of nitrogens with one attached hydrogen (secondary N) is 4. The number of hydrogen-bond donors (Lipinski definition) is 4. The number of carbonyl (C=O) groups excluding carboxylic acids is 2. The lowest BCUT2D eigenvalue weighted by atomic mass is 10.2. The molecule has 1 aromatic rings. The molecule has 0 saturated heterocycles. The zero-order valence-electron chi connectivity index (χ0n) is 17.9. The number of ether oxygens (including phenoxy) is 1. The summed E-state index contributed by atoms with van der Waals surface area (Å²) in [6, 6.07) is 7.67. The molecule has 0 bridgehead atoms. The molecule has 1 rings (SSSR count). The molecule has 0 spiro atoms. The summed E-state index contributed by atoms with van der Waals surface area (Å²) in [5, 5.41) is 11.9. The van der Waals surface area contributed by atoms with Gasteiger partial charge in [0.2, 0.25) is 5.91 Å². The molecular formula is C20H34IN5O3. The number of amides is 2. The maximum atomic E-state index is 11.7. The summed E-state index contributed by atoms with van der Waals surface area (Å²) in [5.41, 5.74) is 1.28. The van der Waals surface area contributed by atoms with Crippen molar-refractivity contribution in [2.75, 3.05) is 25.5 Å².